The Morgan fingerprint density at radius 3 is 1.45 bits per heavy atom. The van der Waals surface area contributed by atoms with Crippen LogP contribution in [0.4, 0.5) is 0 Å². The number of fused-ring (bicyclic) bond motifs is 12. The van der Waals surface area contributed by atoms with Crippen LogP contribution < -0.4 is 0 Å². The molecule has 1 aromatic heterocycles. The predicted octanol–water partition coefficient (Wildman–Crippen LogP) is 15.9. The molecule has 1 heterocycles. The molecule has 1 heteroatoms. The standard InChI is InChI=1S/C61H39N/c1-3-17-44(18-4-1)61(45-19-5-2-6-20-45)57-28-13-11-26-52(57)53-34-31-42(38-58(53)61)40-16-15-21-46(36-40)62-59-29-14-12-27-54(59)55-35-32-43(39-60(55)62)41-30-33-51-49-24-8-7-22-47(49)48-23-9-10-25-50(48)56(51)37-41/h1-39H. The van der Waals surface area contributed by atoms with Crippen LogP contribution in [0.25, 0.3) is 93.2 Å². The van der Waals surface area contributed by atoms with Gasteiger partial charge in [-0.15, -0.1) is 0 Å². The van der Waals surface area contributed by atoms with Gasteiger partial charge in [-0.25, -0.2) is 0 Å². The largest absolute Gasteiger partial charge is 0.309 e. The topological polar surface area (TPSA) is 4.93 Å². The van der Waals surface area contributed by atoms with Crippen LogP contribution in [0, 0.1) is 0 Å². The summed E-state index contributed by atoms with van der Waals surface area (Å²) in [5, 5.41) is 10.2. The molecule has 12 aromatic rings. The second kappa shape index (κ2) is 13.5. The average Bonchev–Trinajstić information content (AvgIpc) is 3.84. The van der Waals surface area contributed by atoms with Crippen molar-refractivity contribution in [2.45, 2.75) is 5.41 Å². The normalized spacial score (nSPS) is 13.0. The monoisotopic (exact) mass is 785 g/mol. The summed E-state index contributed by atoms with van der Waals surface area (Å²) in [5.74, 6) is 0. The van der Waals surface area contributed by atoms with E-state index in [0.29, 0.717) is 0 Å². The van der Waals surface area contributed by atoms with E-state index in [1.165, 1.54) is 110 Å². The van der Waals surface area contributed by atoms with Gasteiger partial charge in [0.05, 0.1) is 16.4 Å². The number of nitrogens with zero attached hydrogens (tertiary/aromatic N) is 1. The molecule has 0 amide bonds. The highest BCUT2D eigenvalue weighted by molar-refractivity contribution is 6.25. The summed E-state index contributed by atoms with van der Waals surface area (Å²) in [7, 11) is 0. The van der Waals surface area contributed by atoms with E-state index in [-0.39, 0.29) is 0 Å². The van der Waals surface area contributed by atoms with Crippen molar-refractivity contribution >= 4 is 54.1 Å². The smallest absolute Gasteiger partial charge is 0.0713 e. The third-order valence-electron chi connectivity index (χ3n) is 13.6. The van der Waals surface area contributed by atoms with Crippen molar-refractivity contribution < 1.29 is 0 Å². The molecule has 1 nitrogen and oxygen atoms in total. The second-order valence-electron chi connectivity index (χ2n) is 16.8. The molecule has 0 fully saturated rings. The Balaban J connectivity index is 0.988. The maximum atomic E-state index is 2.46. The van der Waals surface area contributed by atoms with Gasteiger partial charge in [-0.05, 0) is 124 Å². The van der Waals surface area contributed by atoms with Crippen molar-refractivity contribution in [3.05, 3.63) is 259 Å². The molecule has 0 atom stereocenters. The lowest BCUT2D eigenvalue weighted by molar-refractivity contribution is 0.769. The first-order chi connectivity index (χ1) is 30.8. The Morgan fingerprint density at radius 1 is 0.258 bits per heavy atom. The predicted molar refractivity (Wildman–Crippen MR) is 261 cm³/mol. The Labute approximate surface area is 360 Å². The van der Waals surface area contributed by atoms with Crippen LogP contribution in [-0.2, 0) is 5.41 Å². The molecule has 1 aliphatic rings. The highest BCUT2D eigenvalue weighted by atomic mass is 15.0. The summed E-state index contributed by atoms with van der Waals surface area (Å²) < 4.78 is 2.46. The highest BCUT2D eigenvalue weighted by Gasteiger charge is 2.46. The minimum Gasteiger partial charge on any atom is -0.309 e. The molecule has 0 unspecified atom stereocenters. The van der Waals surface area contributed by atoms with Crippen LogP contribution in [-0.4, -0.2) is 4.57 Å². The van der Waals surface area contributed by atoms with Gasteiger partial charge in [0.25, 0.3) is 0 Å². The molecule has 0 saturated heterocycles. The van der Waals surface area contributed by atoms with Gasteiger partial charge in [-0.2, -0.15) is 0 Å². The van der Waals surface area contributed by atoms with E-state index in [1.807, 2.05) is 0 Å². The average molecular weight is 786 g/mol. The summed E-state index contributed by atoms with van der Waals surface area (Å²) >= 11 is 0. The number of hydrogen-bond acceptors (Lipinski definition) is 0. The first-order valence-corrected chi connectivity index (χ1v) is 21.6. The second-order valence-corrected chi connectivity index (χ2v) is 16.8. The molecule has 0 aliphatic heterocycles. The summed E-state index contributed by atoms with van der Waals surface area (Å²) in [6, 6.07) is 87.9. The molecule has 0 radical (unpaired) electrons. The molecule has 62 heavy (non-hydrogen) atoms. The number of benzene rings is 11. The zero-order valence-electron chi connectivity index (χ0n) is 34.0. The molecule has 1 aliphatic carbocycles. The number of para-hydroxylation sites is 1. The molecule has 0 spiro atoms. The van der Waals surface area contributed by atoms with Gasteiger partial charge in [0.1, 0.15) is 0 Å². The van der Waals surface area contributed by atoms with E-state index >= 15 is 0 Å². The Bertz CT molecular complexity index is 3670. The van der Waals surface area contributed by atoms with Crippen molar-refractivity contribution in [2.24, 2.45) is 0 Å². The maximum Gasteiger partial charge on any atom is 0.0713 e. The van der Waals surface area contributed by atoms with E-state index in [1.54, 1.807) is 0 Å². The fourth-order valence-corrected chi connectivity index (χ4v) is 11.0. The molecule has 0 N–H and O–H groups in total. The minimum absolute atomic E-state index is 0.451. The molecular weight excluding hydrogens is 747 g/mol. The number of hydrogen-bond donors (Lipinski definition) is 0. The van der Waals surface area contributed by atoms with E-state index in [9.17, 15) is 0 Å². The van der Waals surface area contributed by atoms with Gasteiger partial charge < -0.3 is 4.57 Å². The molecular formula is C61H39N. The maximum absolute atomic E-state index is 2.46. The number of rotatable bonds is 5. The Hall–Kier alpha value is -8.00. The van der Waals surface area contributed by atoms with Crippen LogP contribution in [0.2, 0.25) is 0 Å². The van der Waals surface area contributed by atoms with Crippen molar-refractivity contribution in [1.82, 2.24) is 4.57 Å². The first kappa shape index (κ1) is 34.8. The molecule has 13 rings (SSSR count). The van der Waals surface area contributed by atoms with E-state index in [0.717, 1.165) is 5.69 Å². The Morgan fingerprint density at radius 2 is 0.742 bits per heavy atom. The highest BCUT2D eigenvalue weighted by Crippen LogP contribution is 2.56. The third kappa shape index (κ3) is 4.97. The lowest BCUT2D eigenvalue weighted by Gasteiger charge is -2.34. The molecule has 11 aromatic carbocycles. The van der Waals surface area contributed by atoms with Crippen molar-refractivity contribution in [1.29, 1.82) is 0 Å². The summed E-state index contributed by atoms with van der Waals surface area (Å²) in [6.45, 7) is 0. The van der Waals surface area contributed by atoms with Crippen molar-refractivity contribution in [2.75, 3.05) is 0 Å². The number of aromatic nitrogens is 1. The minimum atomic E-state index is -0.451. The lowest BCUT2D eigenvalue weighted by atomic mass is 9.67. The zero-order valence-corrected chi connectivity index (χ0v) is 34.0. The van der Waals surface area contributed by atoms with Crippen LogP contribution >= 0.6 is 0 Å². The summed E-state index contributed by atoms with van der Waals surface area (Å²) in [5.41, 5.74) is 15.7. The quantitative estimate of drug-likeness (QED) is 0.153. The van der Waals surface area contributed by atoms with Gasteiger partial charge in [-0.3, -0.25) is 0 Å². The van der Waals surface area contributed by atoms with Crippen LogP contribution in [0.15, 0.2) is 237 Å². The van der Waals surface area contributed by atoms with Crippen LogP contribution in [0.3, 0.4) is 0 Å². The Kier molecular flexibility index (Phi) is 7.59. The fourth-order valence-electron chi connectivity index (χ4n) is 11.0. The third-order valence-corrected chi connectivity index (χ3v) is 13.6. The van der Waals surface area contributed by atoms with E-state index in [2.05, 4.69) is 241 Å². The van der Waals surface area contributed by atoms with Gasteiger partial charge >= 0.3 is 0 Å². The summed E-state index contributed by atoms with van der Waals surface area (Å²) in [4.78, 5) is 0. The van der Waals surface area contributed by atoms with Crippen LogP contribution in [0.1, 0.15) is 22.3 Å². The molecule has 288 valence electrons. The lowest BCUT2D eigenvalue weighted by Crippen LogP contribution is -2.28. The first-order valence-electron chi connectivity index (χ1n) is 21.6. The van der Waals surface area contributed by atoms with Crippen molar-refractivity contribution in [3.63, 3.8) is 0 Å². The van der Waals surface area contributed by atoms with E-state index < -0.39 is 5.41 Å². The van der Waals surface area contributed by atoms with Gasteiger partial charge in [0.2, 0.25) is 0 Å². The van der Waals surface area contributed by atoms with Gasteiger partial charge in [-0.1, -0.05) is 200 Å². The molecule has 0 saturated carbocycles. The van der Waals surface area contributed by atoms with Crippen molar-refractivity contribution in [3.8, 4) is 39.1 Å². The molecule has 0 bridgehead atoms. The SMILES string of the molecule is c1ccc(C2(c3ccccc3)c3ccccc3-c3ccc(-c4cccc(-n5c6ccccc6c6ccc(-c7ccc8c9ccccc9c9ccccc9c8c7)cc65)c4)cc32)cc1. The van der Waals surface area contributed by atoms with Crippen LogP contribution in [0.5, 0.6) is 0 Å². The zero-order chi connectivity index (χ0) is 40.8. The van der Waals surface area contributed by atoms with Gasteiger partial charge in [0.15, 0.2) is 0 Å². The van der Waals surface area contributed by atoms with Gasteiger partial charge in [0, 0.05) is 16.5 Å². The fraction of sp³-hybridized carbons (Fsp3) is 0.0164. The van der Waals surface area contributed by atoms with E-state index in [4.69, 9.17) is 0 Å². The summed E-state index contributed by atoms with van der Waals surface area (Å²) in [6.07, 6.45) is 0.